The normalized spacial score (nSPS) is 18.9. The Balaban J connectivity index is 2.09. The monoisotopic (exact) mass is 331 g/mol. The predicted molar refractivity (Wildman–Crippen MR) is 74.5 cm³/mol. The Kier molecular flexibility index (Phi) is 5.07. The molecule has 1 aliphatic rings. The van der Waals surface area contributed by atoms with Crippen molar-refractivity contribution in [3.63, 3.8) is 0 Å². The van der Waals surface area contributed by atoms with Crippen molar-refractivity contribution in [3.8, 4) is 0 Å². The highest BCUT2D eigenvalue weighted by atomic mass is 19.4. The Hall–Kier alpha value is -2.32. The summed E-state index contributed by atoms with van der Waals surface area (Å²) in [4.78, 5) is 35.4. The topological polar surface area (TPSA) is 80.2 Å². The lowest BCUT2D eigenvalue weighted by Gasteiger charge is -2.16. The second-order valence-corrected chi connectivity index (χ2v) is 5.26. The van der Waals surface area contributed by atoms with Crippen molar-refractivity contribution in [2.75, 3.05) is 6.54 Å². The molecule has 126 valence electrons. The summed E-state index contributed by atoms with van der Waals surface area (Å²) in [6.45, 7) is -0.0508. The molecule has 2 heterocycles. The van der Waals surface area contributed by atoms with Crippen LogP contribution < -0.4 is 16.2 Å². The van der Waals surface area contributed by atoms with Crippen molar-refractivity contribution in [1.29, 1.82) is 0 Å². The van der Waals surface area contributed by atoms with Crippen molar-refractivity contribution in [1.82, 2.24) is 15.2 Å². The smallest absolute Gasteiger partial charge is 0.354 e. The molecule has 1 aromatic heterocycles. The third-order valence-electron chi connectivity index (χ3n) is 3.51. The Morgan fingerprint density at radius 3 is 2.78 bits per heavy atom. The predicted octanol–water partition coefficient (Wildman–Crippen LogP) is 0.652. The molecule has 1 saturated heterocycles. The van der Waals surface area contributed by atoms with Gasteiger partial charge in [0.1, 0.15) is 18.2 Å². The van der Waals surface area contributed by atoms with E-state index < -0.39 is 35.8 Å². The fourth-order valence-electron chi connectivity index (χ4n) is 2.35. The Labute approximate surface area is 129 Å². The van der Waals surface area contributed by atoms with Gasteiger partial charge in [-0.05, 0) is 31.4 Å². The lowest BCUT2D eigenvalue weighted by molar-refractivity contribution is -0.139. The van der Waals surface area contributed by atoms with Crippen molar-refractivity contribution in [2.24, 2.45) is 0 Å². The van der Waals surface area contributed by atoms with E-state index in [1.165, 1.54) is 0 Å². The van der Waals surface area contributed by atoms with Crippen molar-refractivity contribution in [3.05, 3.63) is 34.2 Å². The van der Waals surface area contributed by atoms with E-state index in [1.807, 2.05) is 0 Å². The lowest BCUT2D eigenvalue weighted by Crippen LogP contribution is -2.47. The molecule has 9 heteroatoms. The number of halogens is 3. The van der Waals surface area contributed by atoms with E-state index in [-0.39, 0.29) is 5.91 Å². The van der Waals surface area contributed by atoms with Gasteiger partial charge in [-0.25, -0.2) is 0 Å². The molecule has 0 unspecified atom stereocenters. The molecule has 2 N–H and O–H groups in total. The second kappa shape index (κ2) is 6.84. The van der Waals surface area contributed by atoms with Gasteiger partial charge in [-0.3, -0.25) is 14.4 Å². The minimum absolute atomic E-state index is 0.327. The quantitative estimate of drug-likeness (QED) is 0.853. The maximum Gasteiger partial charge on any atom is 0.421 e. The summed E-state index contributed by atoms with van der Waals surface area (Å²) in [6, 6.07) is 0.984. The maximum absolute atomic E-state index is 12.7. The molecule has 2 amide bonds. The van der Waals surface area contributed by atoms with Gasteiger partial charge in [0.2, 0.25) is 11.8 Å². The van der Waals surface area contributed by atoms with Crippen LogP contribution in [0, 0.1) is 0 Å². The number of pyridine rings is 1. The van der Waals surface area contributed by atoms with E-state index in [4.69, 9.17) is 0 Å². The summed E-state index contributed by atoms with van der Waals surface area (Å²) in [7, 11) is 0. The van der Waals surface area contributed by atoms with Crippen LogP contribution in [0.5, 0.6) is 0 Å². The number of nitrogens with one attached hydrogen (secondary N) is 2. The third kappa shape index (κ3) is 4.33. The number of nitrogens with zero attached hydrogens (tertiary/aromatic N) is 1. The molecule has 23 heavy (non-hydrogen) atoms. The van der Waals surface area contributed by atoms with Crippen LogP contribution in [0.3, 0.4) is 0 Å². The van der Waals surface area contributed by atoms with Crippen LogP contribution in [0.25, 0.3) is 0 Å². The number of carbonyl (C=O) groups excluding carboxylic acids is 2. The standard InChI is InChI=1S/C14H16F3N3O3/c15-14(16,17)9-4-3-7-20(13(9)23)8-11(21)19-10-5-1-2-6-18-12(10)22/h3-4,7,10H,1-2,5-6,8H2,(H,18,22)(H,19,21)/t10-/m0/s1. The van der Waals surface area contributed by atoms with Gasteiger partial charge < -0.3 is 15.2 Å². The van der Waals surface area contributed by atoms with Gasteiger partial charge >= 0.3 is 6.18 Å². The van der Waals surface area contributed by atoms with Crippen LogP contribution in [0.2, 0.25) is 0 Å². The average molecular weight is 331 g/mol. The number of hydrogen-bond donors (Lipinski definition) is 2. The van der Waals surface area contributed by atoms with Gasteiger partial charge in [0.05, 0.1) is 0 Å². The van der Waals surface area contributed by atoms with Gasteiger partial charge in [0.25, 0.3) is 5.56 Å². The van der Waals surface area contributed by atoms with Gasteiger partial charge in [-0.1, -0.05) is 0 Å². The van der Waals surface area contributed by atoms with Crippen molar-refractivity contribution >= 4 is 11.8 Å². The number of aromatic nitrogens is 1. The Morgan fingerprint density at radius 2 is 2.09 bits per heavy atom. The van der Waals surface area contributed by atoms with Crippen molar-refractivity contribution < 1.29 is 22.8 Å². The number of alkyl halides is 3. The number of rotatable bonds is 3. The molecule has 6 nitrogen and oxygen atoms in total. The van der Waals surface area contributed by atoms with Crippen molar-refractivity contribution in [2.45, 2.75) is 38.0 Å². The Bertz CT molecular complexity index is 655. The number of hydrogen-bond acceptors (Lipinski definition) is 3. The first-order valence-corrected chi connectivity index (χ1v) is 7.13. The van der Waals surface area contributed by atoms with Gasteiger partial charge in [0, 0.05) is 12.7 Å². The summed E-state index contributed by atoms with van der Waals surface area (Å²) < 4.78 is 38.7. The van der Waals surface area contributed by atoms with Gasteiger partial charge in [0.15, 0.2) is 0 Å². The van der Waals surface area contributed by atoms with E-state index in [1.54, 1.807) is 0 Å². The zero-order valence-corrected chi connectivity index (χ0v) is 12.2. The summed E-state index contributed by atoms with van der Waals surface area (Å²) in [5, 5.41) is 5.08. The van der Waals surface area contributed by atoms with E-state index in [2.05, 4.69) is 10.6 Å². The molecule has 1 aromatic rings. The first-order chi connectivity index (χ1) is 10.8. The molecule has 0 radical (unpaired) electrons. The first-order valence-electron chi connectivity index (χ1n) is 7.13. The highest BCUT2D eigenvalue weighted by Gasteiger charge is 2.34. The van der Waals surface area contributed by atoms with Crippen LogP contribution in [0.1, 0.15) is 24.8 Å². The Morgan fingerprint density at radius 1 is 1.35 bits per heavy atom. The lowest BCUT2D eigenvalue weighted by atomic mass is 10.1. The second-order valence-electron chi connectivity index (χ2n) is 5.26. The molecule has 0 spiro atoms. The first kappa shape index (κ1) is 17.0. The van der Waals surface area contributed by atoms with Crippen LogP contribution in [-0.4, -0.2) is 29.0 Å². The molecule has 0 aromatic carbocycles. The molecule has 1 aliphatic heterocycles. The SMILES string of the molecule is O=C(Cn1cccc(C(F)(F)F)c1=O)N[C@H]1CCCCNC1=O. The molecule has 0 aliphatic carbocycles. The maximum atomic E-state index is 12.7. The summed E-state index contributed by atoms with van der Waals surface area (Å²) >= 11 is 0. The zero-order valence-electron chi connectivity index (χ0n) is 12.2. The number of amides is 2. The summed E-state index contributed by atoms with van der Waals surface area (Å²) in [5.41, 5.74) is -2.62. The summed E-state index contributed by atoms with van der Waals surface area (Å²) in [5.74, 6) is -1.01. The molecular weight excluding hydrogens is 315 g/mol. The highest BCUT2D eigenvalue weighted by Crippen LogP contribution is 2.25. The van der Waals surface area contributed by atoms with Crippen LogP contribution >= 0.6 is 0 Å². The van der Waals surface area contributed by atoms with E-state index >= 15 is 0 Å². The molecule has 1 fully saturated rings. The molecular formula is C14H16F3N3O3. The minimum Gasteiger partial charge on any atom is -0.354 e. The molecule has 1 atom stereocenters. The van der Waals surface area contributed by atoms with Crippen LogP contribution in [0.4, 0.5) is 13.2 Å². The molecule has 2 rings (SSSR count). The highest BCUT2D eigenvalue weighted by molar-refractivity contribution is 5.87. The minimum atomic E-state index is -4.78. The van der Waals surface area contributed by atoms with Crippen LogP contribution in [0.15, 0.2) is 23.1 Å². The molecule has 0 bridgehead atoms. The van der Waals surface area contributed by atoms with E-state index in [0.717, 1.165) is 25.1 Å². The fourth-order valence-corrected chi connectivity index (χ4v) is 2.35. The third-order valence-corrected chi connectivity index (χ3v) is 3.51. The largest absolute Gasteiger partial charge is 0.421 e. The zero-order chi connectivity index (χ0) is 17.0. The van der Waals surface area contributed by atoms with Gasteiger partial charge in [-0.2, -0.15) is 13.2 Å². The van der Waals surface area contributed by atoms with Crippen LogP contribution in [-0.2, 0) is 22.3 Å². The summed E-state index contributed by atoms with van der Waals surface area (Å²) in [6.07, 6.45) is -1.69. The van der Waals surface area contributed by atoms with Gasteiger partial charge in [-0.15, -0.1) is 0 Å². The van der Waals surface area contributed by atoms with E-state index in [0.29, 0.717) is 23.6 Å². The molecule has 0 saturated carbocycles. The number of carbonyl (C=O) groups is 2. The van der Waals surface area contributed by atoms with E-state index in [9.17, 15) is 27.6 Å². The fraction of sp³-hybridized carbons (Fsp3) is 0.500. The average Bonchev–Trinajstić information content (AvgIpc) is 2.65.